The average molecular weight is 411 g/mol. The summed E-state index contributed by atoms with van der Waals surface area (Å²) in [6.45, 7) is 1.65. The fourth-order valence-corrected chi connectivity index (χ4v) is 5.09. The number of thiophene rings is 1. The van der Waals surface area contributed by atoms with Gasteiger partial charge in [-0.05, 0) is 48.7 Å². The molecule has 11 heteroatoms. The van der Waals surface area contributed by atoms with Crippen molar-refractivity contribution in [2.75, 3.05) is 9.44 Å². The van der Waals surface area contributed by atoms with Gasteiger partial charge in [0.2, 0.25) is 0 Å². The van der Waals surface area contributed by atoms with Crippen LogP contribution in [0.5, 0.6) is 0 Å². The molecule has 0 aliphatic heterocycles. The highest BCUT2D eigenvalue weighted by atomic mass is 32.2. The molecule has 0 saturated heterocycles. The monoisotopic (exact) mass is 410 g/mol. The smallest absolute Gasteiger partial charge is 0.271 e. The van der Waals surface area contributed by atoms with Crippen LogP contribution in [0.1, 0.15) is 5.82 Å². The van der Waals surface area contributed by atoms with Crippen LogP contribution < -0.4 is 9.44 Å². The van der Waals surface area contributed by atoms with Crippen molar-refractivity contribution in [3.05, 3.63) is 59.9 Å². The van der Waals surface area contributed by atoms with Gasteiger partial charge in [0.05, 0.1) is 4.90 Å². The van der Waals surface area contributed by atoms with E-state index >= 15 is 0 Å². The van der Waals surface area contributed by atoms with Crippen LogP contribution in [0.3, 0.4) is 0 Å². The zero-order chi connectivity index (χ0) is 18.8. The van der Waals surface area contributed by atoms with E-state index < -0.39 is 20.0 Å². The van der Waals surface area contributed by atoms with Gasteiger partial charge in [0, 0.05) is 11.9 Å². The van der Waals surface area contributed by atoms with Crippen molar-refractivity contribution in [2.24, 2.45) is 0 Å². The van der Waals surface area contributed by atoms with Crippen molar-refractivity contribution in [2.45, 2.75) is 16.0 Å². The lowest BCUT2D eigenvalue weighted by molar-refractivity contribution is 0.600. The number of aryl methyl sites for hydroxylation is 1. The summed E-state index contributed by atoms with van der Waals surface area (Å²) in [7, 11) is -7.53. The molecule has 0 atom stereocenters. The van der Waals surface area contributed by atoms with Crippen LogP contribution in [0.2, 0.25) is 0 Å². The van der Waals surface area contributed by atoms with Crippen molar-refractivity contribution in [1.29, 1.82) is 0 Å². The molecule has 2 aromatic heterocycles. The summed E-state index contributed by atoms with van der Waals surface area (Å²) in [4.78, 5) is 7.87. The molecular weight excluding hydrogens is 396 g/mol. The molecular formula is C15H14N4O4S3. The number of nitrogens with one attached hydrogen (secondary N) is 2. The first-order chi connectivity index (χ1) is 12.3. The molecule has 26 heavy (non-hydrogen) atoms. The third-order valence-corrected chi connectivity index (χ3v) is 7.34. The number of aromatic nitrogens is 2. The average Bonchev–Trinajstić information content (AvgIpc) is 3.10. The van der Waals surface area contributed by atoms with Crippen LogP contribution in [0, 0.1) is 6.92 Å². The van der Waals surface area contributed by atoms with E-state index in [9.17, 15) is 16.8 Å². The van der Waals surface area contributed by atoms with Crippen molar-refractivity contribution in [3.63, 3.8) is 0 Å². The molecule has 0 fully saturated rings. The van der Waals surface area contributed by atoms with Gasteiger partial charge < -0.3 is 0 Å². The number of rotatable bonds is 6. The van der Waals surface area contributed by atoms with Gasteiger partial charge in [-0.25, -0.2) is 26.8 Å². The predicted molar refractivity (Wildman–Crippen MR) is 99.1 cm³/mol. The highest BCUT2D eigenvalue weighted by molar-refractivity contribution is 7.94. The first kappa shape index (κ1) is 18.3. The largest absolute Gasteiger partial charge is 0.279 e. The zero-order valence-corrected chi connectivity index (χ0v) is 15.9. The highest BCUT2D eigenvalue weighted by Gasteiger charge is 2.17. The second-order valence-electron chi connectivity index (χ2n) is 5.16. The van der Waals surface area contributed by atoms with E-state index in [0.717, 1.165) is 11.3 Å². The molecule has 0 aliphatic rings. The summed E-state index contributed by atoms with van der Waals surface area (Å²) in [5, 5.41) is 1.66. The van der Waals surface area contributed by atoms with Gasteiger partial charge in [0.1, 0.15) is 15.9 Å². The Morgan fingerprint density at radius 2 is 1.65 bits per heavy atom. The minimum atomic E-state index is -3.85. The minimum Gasteiger partial charge on any atom is -0.279 e. The van der Waals surface area contributed by atoms with Gasteiger partial charge in [0.25, 0.3) is 20.0 Å². The van der Waals surface area contributed by atoms with Crippen LogP contribution in [0.15, 0.2) is 63.1 Å². The van der Waals surface area contributed by atoms with E-state index in [1.807, 2.05) is 0 Å². The van der Waals surface area contributed by atoms with Crippen LogP contribution in [0.4, 0.5) is 11.5 Å². The molecule has 0 saturated carbocycles. The lowest BCUT2D eigenvalue weighted by Crippen LogP contribution is -2.15. The molecule has 3 rings (SSSR count). The lowest BCUT2D eigenvalue weighted by Gasteiger charge is -2.09. The summed E-state index contributed by atoms with van der Waals surface area (Å²) in [6, 6.07) is 9.93. The minimum absolute atomic E-state index is 0.0205. The second-order valence-corrected chi connectivity index (χ2v) is 9.70. The van der Waals surface area contributed by atoms with Gasteiger partial charge in [-0.3, -0.25) is 9.44 Å². The van der Waals surface area contributed by atoms with Gasteiger partial charge in [0.15, 0.2) is 0 Å². The van der Waals surface area contributed by atoms with Crippen LogP contribution >= 0.6 is 11.3 Å². The van der Waals surface area contributed by atoms with E-state index in [-0.39, 0.29) is 20.6 Å². The van der Waals surface area contributed by atoms with Gasteiger partial charge >= 0.3 is 0 Å². The van der Waals surface area contributed by atoms with Crippen molar-refractivity contribution < 1.29 is 16.8 Å². The predicted octanol–water partition coefficient (Wildman–Crippen LogP) is 2.45. The summed E-state index contributed by atoms with van der Waals surface area (Å²) < 4.78 is 54.0. The highest BCUT2D eigenvalue weighted by Crippen LogP contribution is 2.22. The van der Waals surface area contributed by atoms with Gasteiger partial charge in [-0.2, -0.15) is 0 Å². The molecule has 136 valence electrons. The van der Waals surface area contributed by atoms with Crippen LogP contribution in [-0.4, -0.2) is 26.8 Å². The first-order valence-corrected chi connectivity index (χ1v) is 11.1. The maximum atomic E-state index is 12.4. The molecule has 0 spiro atoms. The molecule has 1 aromatic carbocycles. The van der Waals surface area contributed by atoms with E-state index in [4.69, 9.17) is 0 Å². The molecule has 0 bridgehead atoms. The Bertz CT molecular complexity index is 1110. The zero-order valence-electron chi connectivity index (χ0n) is 13.4. The first-order valence-electron chi connectivity index (χ1n) is 7.25. The van der Waals surface area contributed by atoms with Crippen molar-refractivity contribution in [3.8, 4) is 0 Å². The Labute approximate surface area is 155 Å². The van der Waals surface area contributed by atoms with Gasteiger partial charge in [-0.15, -0.1) is 11.3 Å². The van der Waals surface area contributed by atoms with E-state index in [2.05, 4.69) is 19.4 Å². The maximum Gasteiger partial charge on any atom is 0.271 e. The van der Waals surface area contributed by atoms with Gasteiger partial charge in [-0.1, -0.05) is 6.07 Å². The fraction of sp³-hybridized carbons (Fsp3) is 0.0667. The maximum absolute atomic E-state index is 12.4. The Kier molecular flexibility index (Phi) is 4.94. The van der Waals surface area contributed by atoms with E-state index in [0.29, 0.717) is 5.82 Å². The van der Waals surface area contributed by atoms with E-state index in [1.54, 1.807) is 18.4 Å². The second kappa shape index (κ2) is 7.02. The number of benzene rings is 1. The van der Waals surface area contributed by atoms with Crippen LogP contribution in [0.25, 0.3) is 0 Å². The number of hydrogen-bond donors (Lipinski definition) is 2. The van der Waals surface area contributed by atoms with Crippen molar-refractivity contribution in [1.82, 2.24) is 9.97 Å². The number of sulfonamides is 2. The Morgan fingerprint density at radius 1 is 0.923 bits per heavy atom. The molecule has 2 heterocycles. The molecule has 0 unspecified atom stereocenters. The molecule has 0 aliphatic carbocycles. The number of anilines is 2. The topological polar surface area (TPSA) is 118 Å². The molecule has 8 nitrogen and oxygen atoms in total. The quantitative estimate of drug-likeness (QED) is 0.644. The normalized spacial score (nSPS) is 11.9. The lowest BCUT2D eigenvalue weighted by atomic mass is 10.3. The third-order valence-electron chi connectivity index (χ3n) is 3.19. The molecule has 0 radical (unpaired) electrons. The standard InChI is InChI=1S/C15H14N4O4S3/c1-11-16-9-8-14(17-11)19-25(20,21)13-6-4-12(5-7-13)18-26(22,23)15-3-2-10-24-15/h2-10,18H,1H3,(H,16,17,19). The Morgan fingerprint density at radius 3 is 2.27 bits per heavy atom. The fourth-order valence-electron chi connectivity index (χ4n) is 2.03. The SMILES string of the molecule is Cc1nccc(NS(=O)(=O)c2ccc(NS(=O)(=O)c3cccs3)cc2)n1. The summed E-state index contributed by atoms with van der Waals surface area (Å²) >= 11 is 1.09. The van der Waals surface area contributed by atoms with E-state index in [1.165, 1.54) is 42.6 Å². The summed E-state index contributed by atoms with van der Waals surface area (Å²) in [5.74, 6) is 0.587. The molecule has 2 N–H and O–H groups in total. The number of nitrogens with zero attached hydrogens (tertiary/aromatic N) is 2. The Balaban J connectivity index is 1.78. The third kappa shape index (κ3) is 4.18. The Hall–Kier alpha value is -2.50. The molecule has 3 aromatic rings. The van der Waals surface area contributed by atoms with Crippen LogP contribution in [-0.2, 0) is 20.0 Å². The summed E-state index contributed by atoms with van der Waals surface area (Å²) in [6.07, 6.45) is 1.45. The van der Waals surface area contributed by atoms with Crippen molar-refractivity contribution >= 4 is 42.9 Å². The number of hydrogen-bond acceptors (Lipinski definition) is 7. The molecule has 0 amide bonds. The summed E-state index contributed by atoms with van der Waals surface area (Å²) in [5.41, 5.74) is 0.259.